The summed E-state index contributed by atoms with van der Waals surface area (Å²) in [5, 5.41) is 3.40. The Labute approximate surface area is 178 Å². The second kappa shape index (κ2) is 8.93. The summed E-state index contributed by atoms with van der Waals surface area (Å²) in [5.41, 5.74) is 1.60. The van der Waals surface area contributed by atoms with Crippen LogP contribution in [0.2, 0.25) is 0 Å². The summed E-state index contributed by atoms with van der Waals surface area (Å²) in [5.74, 6) is -0.598. The van der Waals surface area contributed by atoms with Crippen LogP contribution in [0.4, 0.5) is 5.13 Å². The third-order valence-corrected chi connectivity index (χ3v) is 6.42. The first kappa shape index (κ1) is 20.5. The number of aromatic nitrogens is 1. The molecule has 0 aliphatic carbocycles. The van der Waals surface area contributed by atoms with Crippen molar-refractivity contribution < 1.29 is 19.1 Å². The van der Waals surface area contributed by atoms with Crippen LogP contribution in [0.5, 0.6) is 0 Å². The lowest BCUT2D eigenvalue weighted by Crippen LogP contribution is -2.35. The van der Waals surface area contributed by atoms with Gasteiger partial charge in [-0.15, -0.1) is 0 Å². The number of carbonyl (C=O) groups excluding carboxylic acids is 3. The summed E-state index contributed by atoms with van der Waals surface area (Å²) < 4.78 is 5.01. The Balaban J connectivity index is 1.37. The molecule has 1 atom stereocenters. The van der Waals surface area contributed by atoms with Crippen molar-refractivity contribution in [3.63, 3.8) is 0 Å². The number of ether oxygens (including phenoxy) is 1. The maximum atomic E-state index is 12.7. The summed E-state index contributed by atoms with van der Waals surface area (Å²) in [7, 11) is 1.59. The predicted octanol–water partition coefficient (Wildman–Crippen LogP) is 1.77. The lowest BCUT2D eigenvalue weighted by Gasteiger charge is -2.26. The fourth-order valence-corrected chi connectivity index (χ4v) is 4.79. The highest BCUT2D eigenvalue weighted by Crippen LogP contribution is 2.30. The smallest absolute Gasteiger partial charge is 0.254 e. The lowest BCUT2D eigenvalue weighted by atomic mass is 10.1. The van der Waals surface area contributed by atoms with Gasteiger partial charge in [-0.2, -0.15) is 0 Å². The molecule has 4 rings (SSSR count). The Bertz CT molecular complexity index is 946. The minimum atomic E-state index is -0.383. The Morgan fingerprint density at radius 1 is 1.30 bits per heavy atom. The molecule has 0 saturated carbocycles. The second-order valence-corrected chi connectivity index (χ2v) is 8.54. The number of thiazole rings is 1. The normalized spacial score (nSPS) is 18.4. The minimum Gasteiger partial charge on any atom is -0.383 e. The SMILES string of the molecule is COCCN1CC(C(=O)Nc2nc3c(s2)CN(C(=O)c2ccccc2)CC3)CC1=O. The number of nitrogens with zero attached hydrogens (tertiary/aromatic N) is 3. The number of methoxy groups -OCH3 is 1. The molecule has 3 heterocycles. The second-order valence-electron chi connectivity index (χ2n) is 7.45. The van der Waals surface area contributed by atoms with Crippen LogP contribution in [0.15, 0.2) is 30.3 Å². The molecular weight excluding hydrogens is 404 g/mol. The van der Waals surface area contributed by atoms with Gasteiger partial charge in [-0.25, -0.2) is 4.98 Å². The first-order valence-electron chi connectivity index (χ1n) is 9.95. The van der Waals surface area contributed by atoms with Gasteiger partial charge in [0.15, 0.2) is 5.13 Å². The molecule has 0 radical (unpaired) electrons. The molecule has 2 aliphatic rings. The average molecular weight is 429 g/mol. The van der Waals surface area contributed by atoms with Crippen molar-refractivity contribution in [1.82, 2.24) is 14.8 Å². The van der Waals surface area contributed by atoms with E-state index >= 15 is 0 Å². The van der Waals surface area contributed by atoms with E-state index in [0.717, 1.165) is 10.6 Å². The highest BCUT2D eigenvalue weighted by molar-refractivity contribution is 7.15. The molecule has 1 N–H and O–H groups in total. The standard InChI is InChI=1S/C21H24N4O4S/c1-29-10-9-24-12-15(11-18(24)26)19(27)23-21-22-16-7-8-25(13-17(16)30-21)20(28)14-5-3-2-4-6-14/h2-6,15H,7-13H2,1H3,(H,22,23,27). The summed E-state index contributed by atoms with van der Waals surface area (Å²) in [6.07, 6.45) is 0.868. The minimum absolute atomic E-state index is 0.000791. The summed E-state index contributed by atoms with van der Waals surface area (Å²) in [6.45, 7) is 2.44. The lowest BCUT2D eigenvalue weighted by molar-refractivity contribution is -0.128. The number of fused-ring (bicyclic) bond motifs is 1. The first-order chi connectivity index (χ1) is 14.5. The van der Waals surface area contributed by atoms with Gasteiger partial charge in [0, 0.05) is 50.0 Å². The number of amides is 3. The Hall–Kier alpha value is -2.78. The van der Waals surface area contributed by atoms with Gasteiger partial charge in [0.25, 0.3) is 5.91 Å². The molecule has 0 bridgehead atoms. The van der Waals surface area contributed by atoms with E-state index in [1.807, 2.05) is 35.2 Å². The van der Waals surface area contributed by atoms with Crippen molar-refractivity contribution in [3.05, 3.63) is 46.5 Å². The monoisotopic (exact) mass is 428 g/mol. The quantitative estimate of drug-likeness (QED) is 0.757. The van der Waals surface area contributed by atoms with Crippen molar-refractivity contribution in [2.45, 2.75) is 19.4 Å². The van der Waals surface area contributed by atoms with Gasteiger partial charge in [0.1, 0.15) is 0 Å². The Morgan fingerprint density at radius 3 is 2.87 bits per heavy atom. The highest BCUT2D eigenvalue weighted by Gasteiger charge is 2.34. The molecule has 8 nitrogen and oxygen atoms in total. The molecule has 1 saturated heterocycles. The summed E-state index contributed by atoms with van der Waals surface area (Å²) >= 11 is 1.40. The number of hydrogen-bond acceptors (Lipinski definition) is 6. The van der Waals surface area contributed by atoms with Gasteiger partial charge in [-0.05, 0) is 12.1 Å². The van der Waals surface area contributed by atoms with E-state index in [1.54, 1.807) is 12.0 Å². The number of hydrogen-bond donors (Lipinski definition) is 1. The van der Waals surface area contributed by atoms with Gasteiger partial charge >= 0.3 is 0 Å². The maximum absolute atomic E-state index is 12.7. The summed E-state index contributed by atoms with van der Waals surface area (Å²) in [6, 6.07) is 9.22. The van der Waals surface area contributed by atoms with Crippen LogP contribution in [0, 0.1) is 5.92 Å². The zero-order valence-corrected chi connectivity index (χ0v) is 17.6. The van der Waals surface area contributed by atoms with Crippen molar-refractivity contribution >= 4 is 34.2 Å². The molecule has 2 aromatic rings. The van der Waals surface area contributed by atoms with Crippen molar-refractivity contribution in [1.29, 1.82) is 0 Å². The number of anilines is 1. The largest absolute Gasteiger partial charge is 0.383 e. The van der Waals surface area contributed by atoms with E-state index in [0.29, 0.717) is 49.9 Å². The predicted molar refractivity (Wildman–Crippen MR) is 112 cm³/mol. The van der Waals surface area contributed by atoms with Crippen LogP contribution in [0.1, 0.15) is 27.3 Å². The maximum Gasteiger partial charge on any atom is 0.254 e. The number of carbonyl (C=O) groups is 3. The number of nitrogens with one attached hydrogen (secondary N) is 1. The number of benzene rings is 1. The molecule has 1 aromatic heterocycles. The highest BCUT2D eigenvalue weighted by atomic mass is 32.1. The van der Waals surface area contributed by atoms with Crippen LogP contribution in [-0.2, 0) is 27.3 Å². The van der Waals surface area contributed by atoms with E-state index in [9.17, 15) is 14.4 Å². The fourth-order valence-electron chi connectivity index (χ4n) is 3.76. The molecule has 1 fully saturated rings. The van der Waals surface area contributed by atoms with Crippen molar-refractivity contribution in [2.24, 2.45) is 5.92 Å². The molecule has 2 aliphatic heterocycles. The van der Waals surface area contributed by atoms with Gasteiger partial charge in [-0.3, -0.25) is 14.4 Å². The fraction of sp³-hybridized carbons (Fsp3) is 0.429. The molecule has 1 aromatic carbocycles. The Kier molecular flexibility index (Phi) is 6.10. The van der Waals surface area contributed by atoms with Gasteiger partial charge in [-0.1, -0.05) is 29.5 Å². The zero-order valence-electron chi connectivity index (χ0n) is 16.8. The van der Waals surface area contributed by atoms with Crippen LogP contribution in [-0.4, -0.2) is 65.9 Å². The zero-order chi connectivity index (χ0) is 21.1. The van der Waals surface area contributed by atoms with Crippen LogP contribution in [0.3, 0.4) is 0 Å². The van der Waals surface area contributed by atoms with Crippen LogP contribution >= 0.6 is 11.3 Å². The van der Waals surface area contributed by atoms with Crippen LogP contribution < -0.4 is 5.32 Å². The Morgan fingerprint density at radius 2 is 2.10 bits per heavy atom. The molecule has 158 valence electrons. The van der Waals surface area contributed by atoms with Crippen molar-refractivity contribution in [3.8, 4) is 0 Å². The van der Waals surface area contributed by atoms with Gasteiger partial charge in [0.2, 0.25) is 11.8 Å². The van der Waals surface area contributed by atoms with Crippen molar-refractivity contribution in [2.75, 3.05) is 38.7 Å². The number of likely N-dealkylation sites (tertiary alicyclic amines) is 1. The summed E-state index contributed by atoms with van der Waals surface area (Å²) in [4.78, 5) is 46.4. The first-order valence-corrected chi connectivity index (χ1v) is 10.8. The van der Waals surface area contributed by atoms with Crippen LogP contribution in [0.25, 0.3) is 0 Å². The van der Waals surface area contributed by atoms with Gasteiger partial charge in [0.05, 0.1) is 24.8 Å². The molecule has 3 amide bonds. The molecule has 30 heavy (non-hydrogen) atoms. The molecule has 1 unspecified atom stereocenters. The third-order valence-electron chi connectivity index (χ3n) is 5.42. The molecule has 9 heteroatoms. The molecular formula is C21H24N4O4S. The third kappa shape index (κ3) is 4.36. The van der Waals surface area contributed by atoms with Gasteiger partial charge < -0.3 is 19.9 Å². The van der Waals surface area contributed by atoms with E-state index < -0.39 is 0 Å². The topological polar surface area (TPSA) is 91.8 Å². The van der Waals surface area contributed by atoms with E-state index in [-0.39, 0.29) is 30.1 Å². The van der Waals surface area contributed by atoms with E-state index in [1.165, 1.54) is 11.3 Å². The number of rotatable bonds is 6. The molecule has 0 spiro atoms. The average Bonchev–Trinajstić information content (AvgIpc) is 3.34. The van der Waals surface area contributed by atoms with E-state index in [2.05, 4.69) is 10.3 Å². The van der Waals surface area contributed by atoms with E-state index in [4.69, 9.17) is 4.74 Å².